The molecule has 0 aliphatic heterocycles. The Labute approximate surface area is 128 Å². The fourth-order valence-corrected chi connectivity index (χ4v) is 1.46. The average molecular weight is 314 g/mol. The molecule has 0 radical (unpaired) electrons. The van der Waals surface area contributed by atoms with E-state index in [0.717, 1.165) is 6.54 Å². The van der Waals surface area contributed by atoms with Crippen molar-refractivity contribution in [1.82, 2.24) is 21.1 Å². The fourth-order valence-electron chi connectivity index (χ4n) is 1.30. The first-order chi connectivity index (χ1) is 9.99. The van der Waals surface area contributed by atoms with Gasteiger partial charge in [-0.2, -0.15) is 0 Å². The van der Waals surface area contributed by atoms with E-state index in [2.05, 4.69) is 16.2 Å². The number of hydrogen-bond acceptors (Lipinski definition) is 4. The highest BCUT2D eigenvalue weighted by Crippen LogP contribution is 2.14. The van der Waals surface area contributed by atoms with Crippen LogP contribution in [-0.4, -0.2) is 49.7 Å². The van der Waals surface area contributed by atoms with E-state index < -0.39 is 11.7 Å². The maximum absolute atomic E-state index is 13.3. The number of halogens is 1. The van der Waals surface area contributed by atoms with Gasteiger partial charge in [-0.1, -0.05) is 12.1 Å². The number of nitrogens with zero attached hydrogens (tertiary/aromatic N) is 1. The normalized spacial score (nSPS) is 10.1. The van der Waals surface area contributed by atoms with Crippen LogP contribution in [0.3, 0.4) is 0 Å². The summed E-state index contributed by atoms with van der Waals surface area (Å²) in [5, 5.41) is 3.22. The lowest BCUT2D eigenvalue weighted by molar-refractivity contribution is -0.123. The molecule has 8 heteroatoms. The molecule has 0 fully saturated rings. The molecular weight excluding hydrogens is 295 g/mol. The van der Waals surface area contributed by atoms with E-state index in [0.29, 0.717) is 11.7 Å². The van der Waals surface area contributed by atoms with Gasteiger partial charge in [0.25, 0.3) is 5.91 Å². The highest BCUT2D eigenvalue weighted by Gasteiger charge is 2.06. The zero-order valence-electron chi connectivity index (χ0n) is 12.0. The Bertz CT molecular complexity index is 485. The van der Waals surface area contributed by atoms with Gasteiger partial charge in [-0.3, -0.25) is 15.6 Å². The molecule has 0 aromatic heterocycles. The Balaban J connectivity index is 2.19. The topological polar surface area (TPSA) is 65.6 Å². The zero-order valence-corrected chi connectivity index (χ0v) is 12.8. The molecule has 0 heterocycles. The standard InChI is InChI=1S/C13H19FN4O2S/c1-18(2)8-7-15-13(21)17-16-12(19)9-20-11-6-4-3-5-10(11)14/h3-6H,7-9H2,1-2H3,(H,16,19)(H2,15,17,21). The highest BCUT2D eigenvalue weighted by atomic mass is 32.1. The number of hydrazine groups is 1. The van der Waals surface area contributed by atoms with Crippen molar-refractivity contribution in [1.29, 1.82) is 0 Å². The van der Waals surface area contributed by atoms with Crippen molar-refractivity contribution < 1.29 is 13.9 Å². The van der Waals surface area contributed by atoms with E-state index in [1.165, 1.54) is 12.1 Å². The minimum atomic E-state index is -0.515. The first kappa shape index (κ1) is 17.1. The van der Waals surface area contributed by atoms with Crippen molar-refractivity contribution in [3.63, 3.8) is 0 Å². The summed E-state index contributed by atoms with van der Waals surface area (Å²) < 4.78 is 18.3. The molecule has 1 aromatic rings. The predicted molar refractivity (Wildman–Crippen MR) is 82.3 cm³/mol. The number of amides is 1. The van der Waals surface area contributed by atoms with Crippen LogP contribution in [0.5, 0.6) is 5.75 Å². The second-order valence-corrected chi connectivity index (χ2v) is 4.86. The van der Waals surface area contributed by atoms with E-state index >= 15 is 0 Å². The van der Waals surface area contributed by atoms with Crippen LogP contribution in [0, 0.1) is 5.82 Å². The SMILES string of the molecule is CN(C)CCNC(=S)NNC(=O)COc1ccccc1F. The first-order valence-corrected chi connectivity index (χ1v) is 6.74. The van der Waals surface area contributed by atoms with Gasteiger partial charge < -0.3 is 15.0 Å². The third-order valence-electron chi connectivity index (χ3n) is 2.36. The van der Waals surface area contributed by atoms with Gasteiger partial charge in [-0.15, -0.1) is 0 Å². The monoisotopic (exact) mass is 314 g/mol. The number of thiocarbonyl (C=S) groups is 1. The quantitative estimate of drug-likeness (QED) is 0.517. The molecule has 0 aliphatic carbocycles. The molecule has 0 saturated carbocycles. The average Bonchev–Trinajstić information content (AvgIpc) is 2.44. The van der Waals surface area contributed by atoms with Gasteiger partial charge in [0.1, 0.15) is 0 Å². The van der Waals surface area contributed by atoms with Crippen LogP contribution in [0.15, 0.2) is 24.3 Å². The maximum atomic E-state index is 13.3. The van der Waals surface area contributed by atoms with Gasteiger partial charge >= 0.3 is 0 Å². The Morgan fingerprint density at radius 1 is 1.33 bits per heavy atom. The van der Waals surface area contributed by atoms with Crippen LogP contribution in [0.25, 0.3) is 0 Å². The molecule has 1 aromatic carbocycles. The fraction of sp³-hybridized carbons (Fsp3) is 0.385. The molecule has 0 spiro atoms. The molecule has 21 heavy (non-hydrogen) atoms. The van der Waals surface area contributed by atoms with Crippen LogP contribution in [0.4, 0.5) is 4.39 Å². The number of nitrogens with one attached hydrogen (secondary N) is 3. The van der Waals surface area contributed by atoms with Crippen LogP contribution in [0.1, 0.15) is 0 Å². The highest BCUT2D eigenvalue weighted by molar-refractivity contribution is 7.80. The molecule has 1 amide bonds. The van der Waals surface area contributed by atoms with Crippen molar-refractivity contribution in [3.05, 3.63) is 30.1 Å². The zero-order chi connectivity index (χ0) is 15.7. The number of carbonyl (C=O) groups is 1. The van der Waals surface area contributed by atoms with Crippen LogP contribution in [-0.2, 0) is 4.79 Å². The molecule has 0 bridgehead atoms. The van der Waals surface area contributed by atoms with Crippen molar-refractivity contribution in [2.24, 2.45) is 0 Å². The maximum Gasteiger partial charge on any atom is 0.276 e. The largest absolute Gasteiger partial charge is 0.481 e. The van der Waals surface area contributed by atoms with Gasteiger partial charge in [-0.05, 0) is 38.4 Å². The summed E-state index contributed by atoms with van der Waals surface area (Å²) in [6.07, 6.45) is 0. The molecule has 0 unspecified atom stereocenters. The number of rotatable bonds is 6. The molecule has 0 atom stereocenters. The third kappa shape index (κ3) is 7.42. The lowest BCUT2D eigenvalue weighted by Gasteiger charge is -2.14. The summed E-state index contributed by atoms with van der Waals surface area (Å²) in [6.45, 7) is 1.15. The number of hydrogen-bond donors (Lipinski definition) is 3. The number of para-hydroxylation sites is 1. The van der Waals surface area contributed by atoms with E-state index in [4.69, 9.17) is 17.0 Å². The second-order valence-electron chi connectivity index (χ2n) is 4.45. The molecule has 0 saturated heterocycles. The Morgan fingerprint density at radius 3 is 2.71 bits per heavy atom. The van der Waals surface area contributed by atoms with Crippen LogP contribution in [0.2, 0.25) is 0 Å². The lowest BCUT2D eigenvalue weighted by atomic mass is 10.3. The van der Waals surface area contributed by atoms with E-state index in [1.807, 2.05) is 19.0 Å². The van der Waals surface area contributed by atoms with Crippen molar-refractivity contribution in [2.75, 3.05) is 33.8 Å². The Hall–Kier alpha value is -1.93. The van der Waals surface area contributed by atoms with Gasteiger partial charge in [0.2, 0.25) is 0 Å². The molecule has 116 valence electrons. The minimum Gasteiger partial charge on any atom is -0.481 e. The molecule has 6 nitrogen and oxygen atoms in total. The van der Waals surface area contributed by atoms with E-state index in [1.54, 1.807) is 12.1 Å². The molecular formula is C13H19FN4O2S. The number of likely N-dealkylation sites (N-methyl/N-ethyl adjacent to an activating group) is 1. The Kier molecular flexibility index (Phi) is 7.41. The molecule has 1 rings (SSSR count). The van der Waals surface area contributed by atoms with E-state index in [-0.39, 0.29) is 12.4 Å². The van der Waals surface area contributed by atoms with Gasteiger partial charge in [0, 0.05) is 13.1 Å². The Morgan fingerprint density at radius 2 is 2.05 bits per heavy atom. The van der Waals surface area contributed by atoms with Crippen molar-refractivity contribution >= 4 is 23.2 Å². The summed E-state index contributed by atoms with van der Waals surface area (Å²) in [7, 11) is 3.89. The summed E-state index contributed by atoms with van der Waals surface area (Å²) in [4.78, 5) is 13.5. The number of ether oxygens (including phenoxy) is 1. The van der Waals surface area contributed by atoms with Crippen molar-refractivity contribution in [2.45, 2.75) is 0 Å². The van der Waals surface area contributed by atoms with Gasteiger partial charge in [-0.25, -0.2) is 4.39 Å². The van der Waals surface area contributed by atoms with Crippen LogP contribution >= 0.6 is 12.2 Å². The van der Waals surface area contributed by atoms with E-state index in [9.17, 15) is 9.18 Å². The van der Waals surface area contributed by atoms with Gasteiger partial charge in [0.15, 0.2) is 23.3 Å². The smallest absolute Gasteiger partial charge is 0.276 e. The summed E-state index contributed by atoms with van der Waals surface area (Å²) in [5.41, 5.74) is 4.89. The van der Waals surface area contributed by atoms with Gasteiger partial charge in [0.05, 0.1) is 0 Å². The van der Waals surface area contributed by atoms with Crippen molar-refractivity contribution in [3.8, 4) is 5.75 Å². The predicted octanol–water partition coefficient (Wildman–Crippen LogP) is 0.261. The summed E-state index contributed by atoms with van der Waals surface area (Å²) in [5.74, 6) is -0.950. The minimum absolute atomic E-state index is 0.0272. The number of carbonyl (C=O) groups excluding carboxylic acids is 1. The summed E-state index contributed by atoms with van der Waals surface area (Å²) in [6, 6.07) is 5.87. The third-order valence-corrected chi connectivity index (χ3v) is 2.60. The lowest BCUT2D eigenvalue weighted by Crippen LogP contribution is -2.49. The second kappa shape index (κ2) is 9.09. The first-order valence-electron chi connectivity index (χ1n) is 6.34. The number of benzene rings is 1. The van der Waals surface area contributed by atoms with Crippen LogP contribution < -0.4 is 20.9 Å². The molecule has 3 N–H and O–H groups in total. The molecule has 0 aliphatic rings. The summed E-state index contributed by atoms with van der Waals surface area (Å²) >= 11 is 4.97.